The van der Waals surface area contributed by atoms with Crippen LogP contribution in [0, 0.1) is 6.92 Å². The predicted molar refractivity (Wildman–Crippen MR) is 105 cm³/mol. The highest BCUT2D eigenvalue weighted by Crippen LogP contribution is 2.17. The highest BCUT2D eigenvalue weighted by molar-refractivity contribution is 6.31. The van der Waals surface area contributed by atoms with Crippen LogP contribution < -0.4 is 10.6 Å². The van der Waals surface area contributed by atoms with Gasteiger partial charge in [-0.05, 0) is 67.1 Å². The molecule has 0 saturated heterocycles. The van der Waals surface area contributed by atoms with Crippen LogP contribution in [0.1, 0.15) is 26.3 Å². The Bertz CT molecular complexity index is 874. The lowest BCUT2D eigenvalue weighted by Gasteiger charge is -2.08. The zero-order valence-electron chi connectivity index (χ0n) is 14.1. The molecule has 26 heavy (non-hydrogen) atoms. The van der Waals surface area contributed by atoms with E-state index in [1.807, 2.05) is 31.2 Å². The van der Waals surface area contributed by atoms with Gasteiger partial charge in [-0.1, -0.05) is 29.8 Å². The summed E-state index contributed by atoms with van der Waals surface area (Å²) in [5.74, 6) is -0.490. The Morgan fingerprint density at radius 2 is 1.23 bits per heavy atom. The molecule has 4 nitrogen and oxygen atoms in total. The fourth-order valence-corrected chi connectivity index (χ4v) is 2.66. The summed E-state index contributed by atoms with van der Waals surface area (Å²) in [6.45, 7) is 1.96. The van der Waals surface area contributed by atoms with E-state index in [-0.39, 0.29) is 11.8 Å². The molecule has 0 radical (unpaired) electrons. The molecule has 0 aliphatic rings. The summed E-state index contributed by atoms with van der Waals surface area (Å²) >= 11 is 5.91. The van der Waals surface area contributed by atoms with Gasteiger partial charge in [0.2, 0.25) is 0 Å². The Balaban J connectivity index is 1.67. The van der Waals surface area contributed by atoms with Gasteiger partial charge in [0.25, 0.3) is 11.8 Å². The topological polar surface area (TPSA) is 58.2 Å². The van der Waals surface area contributed by atoms with E-state index in [1.165, 1.54) is 0 Å². The van der Waals surface area contributed by atoms with Crippen LogP contribution in [0.5, 0.6) is 0 Å². The number of hydrogen-bond acceptors (Lipinski definition) is 2. The molecule has 0 aromatic heterocycles. The third kappa shape index (κ3) is 4.49. The second-order valence-electron chi connectivity index (χ2n) is 5.87. The second-order valence-corrected chi connectivity index (χ2v) is 6.30. The number of amides is 2. The average molecular weight is 365 g/mol. The zero-order valence-corrected chi connectivity index (χ0v) is 14.9. The molecular weight excluding hydrogens is 348 g/mol. The first-order chi connectivity index (χ1) is 12.5. The molecule has 2 N–H and O–H groups in total. The summed E-state index contributed by atoms with van der Waals surface area (Å²) in [4.78, 5) is 24.6. The monoisotopic (exact) mass is 364 g/mol. The van der Waals surface area contributed by atoms with Crippen molar-refractivity contribution in [1.29, 1.82) is 0 Å². The van der Waals surface area contributed by atoms with Gasteiger partial charge >= 0.3 is 0 Å². The minimum absolute atomic E-state index is 0.225. The van der Waals surface area contributed by atoms with Crippen LogP contribution >= 0.6 is 11.6 Å². The number of benzene rings is 3. The van der Waals surface area contributed by atoms with E-state index >= 15 is 0 Å². The van der Waals surface area contributed by atoms with E-state index in [0.29, 0.717) is 21.8 Å². The summed E-state index contributed by atoms with van der Waals surface area (Å²) in [7, 11) is 0. The lowest BCUT2D eigenvalue weighted by molar-refractivity contribution is 0.101. The van der Waals surface area contributed by atoms with Crippen LogP contribution in [-0.4, -0.2) is 11.8 Å². The number of anilines is 2. The summed E-state index contributed by atoms with van der Waals surface area (Å²) in [5, 5.41) is 6.16. The standard InChI is InChI=1S/C21H17ClN2O2/c1-14-4-2-6-18(12-14)23-20(25)15-8-10-16(11-9-15)21(26)24-19-7-3-5-17(22)13-19/h2-13H,1H3,(H,23,25)(H,24,26). The molecule has 0 aliphatic heterocycles. The Labute approximate surface area is 156 Å². The van der Waals surface area contributed by atoms with Crippen LogP contribution in [-0.2, 0) is 0 Å². The number of hydrogen-bond donors (Lipinski definition) is 2. The first-order valence-corrected chi connectivity index (χ1v) is 8.44. The van der Waals surface area contributed by atoms with Crippen LogP contribution in [0.4, 0.5) is 11.4 Å². The van der Waals surface area contributed by atoms with Gasteiger partial charge in [0.05, 0.1) is 0 Å². The summed E-state index contributed by atoms with van der Waals surface area (Å²) in [5.41, 5.74) is 3.35. The van der Waals surface area contributed by atoms with Gasteiger partial charge < -0.3 is 10.6 Å². The van der Waals surface area contributed by atoms with Crippen molar-refractivity contribution in [3.63, 3.8) is 0 Å². The van der Waals surface area contributed by atoms with Crippen molar-refractivity contribution in [2.45, 2.75) is 6.92 Å². The van der Waals surface area contributed by atoms with E-state index in [2.05, 4.69) is 10.6 Å². The fourth-order valence-electron chi connectivity index (χ4n) is 2.47. The molecule has 0 atom stereocenters. The SMILES string of the molecule is Cc1cccc(NC(=O)c2ccc(C(=O)Nc3cccc(Cl)c3)cc2)c1. The number of aryl methyl sites for hydroxylation is 1. The maximum absolute atomic E-state index is 12.3. The number of halogens is 1. The highest BCUT2D eigenvalue weighted by atomic mass is 35.5. The van der Waals surface area contributed by atoms with Gasteiger partial charge in [0.1, 0.15) is 0 Å². The van der Waals surface area contributed by atoms with E-state index in [1.54, 1.807) is 48.5 Å². The van der Waals surface area contributed by atoms with E-state index in [9.17, 15) is 9.59 Å². The minimum atomic E-state index is -0.266. The average Bonchev–Trinajstić information content (AvgIpc) is 2.62. The second kappa shape index (κ2) is 7.85. The molecule has 0 fully saturated rings. The van der Waals surface area contributed by atoms with Crippen LogP contribution in [0.25, 0.3) is 0 Å². The van der Waals surface area contributed by atoms with Gasteiger partial charge in [-0.25, -0.2) is 0 Å². The molecule has 0 aliphatic carbocycles. The lowest BCUT2D eigenvalue weighted by Crippen LogP contribution is -2.14. The van der Waals surface area contributed by atoms with Crippen molar-refractivity contribution in [3.05, 3.63) is 94.5 Å². The summed E-state index contributed by atoms with van der Waals surface area (Å²) in [6.07, 6.45) is 0. The molecule has 0 heterocycles. The van der Waals surface area contributed by atoms with Crippen molar-refractivity contribution in [2.24, 2.45) is 0 Å². The molecular formula is C21H17ClN2O2. The van der Waals surface area contributed by atoms with Gasteiger partial charge in [-0.2, -0.15) is 0 Å². The molecule has 0 bridgehead atoms. The molecule has 5 heteroatoms. The first kappa shape index (κ1) is 17.7. The Morgan fingerprint density at radius 1 is 0.731 bits per heavy atom. The first-order valence-electron chi connectivity index (χ1n) is 8.06. The van der Waals surface area contributed by atoms with Gasteiger partial charge in [-0.3, -0.25) is 9.59 Å². The van der Waals surface area contributed by atoms with Crippen molar-refractivity contribution in [3.8, 4) is 0 Å². The quantitative estimate of drug-likeness (QED) is 0.672. The number of carbonyl (C=O) groups is 2. The number of nitrogens with one attached hydrogen (secondary N) is 2. The smallest absolute Gasteiger partial charge is 0.255 e. The van der Waals surface area contributed by atoms with Crippen LogP contribution in [0.2, 0.25) is 5.02 Å². The molecule has 0 spiro atoms. The molecule has 130 valence electrons. The molecule has 0 unspecified atom stereocenters. The van der Waals surface area contributed by atoms with Crippen molar-refractivity contribution < 1.29 is 9.59 Å². The fraction of sp³-hybridized carbons (Fsp3) is 0.0476. The third-order valence-electron chi connectivity index (χ3n) is 3.77. The van der Waals surface area contributed by atoms with Crippen molar-refractivity contribution >= 4 is 34.8 Å². The summed E-state index contributed by atoms with van der Waals surface area (Å²) < 4.78 is 0. The van der Waals surface area contributed by atoms with E-state index < -0.39 is 0 Å². The Hall–Kier alpha value is -3.11. The van der Waals surface area contributed by atoms with Crippen LogP contribution in [0.15, 0.2) is 72.8 Å². The molecule has 3 aromatic rings. The minimum Gasteiger partial charge on any atom is -0.322 e. The molecule has 0 saturated carbocycles. The van der Waals surface area contributed by atoms with Crippen molar-refractivity contribution in [1.82, 2.24) is 0 Å². The Morgan fingerprint density at radius 3 is 1.73 bits per heavy atom. The Kier molecular flexibility index (Phi) is 5.34. The predicted octanol–water partition coefficient (Wildman–Crippen LogP) is 5.15. The molecule has 3 rings (SSSR count). The number of carbonyl (C=O) groups excluding carboxylic acids is 2. The van der Waals surface area contributed by atoms with Gasteiger partial charge in [-0.15, -0.1) is 0 Å². The van der Waals surface area contributed by atoms with Gasteiger partial charge in [0.15, 0.2) is 0 Å². The van der Waals surface area contributed by atoms with Crippen LogP contribution in [0.3, 0.4) is 0 Å². The largest absolute Gasteiger partial charge is 0.322 e. The summed E-state index contributed by atoms with van der Waals surface area (Å²) in [6, 6.07) is 21.0. The maximum Gasteiger partial charge on any atom is 0.255 e. The van der Waals surface area contributed by atoms with E-state index in [0.717, 1.165) is 11.3 Å². The normalized spacial score (nSPS) is 10.2. The lowest BCUT2D eigenvalue weighted by atomic mass is 10.1. The third-order valence-corrected chi connectivity index (χ3v) is 4.00. The highest BCUT2D eigenvalue weighted by Gasteiger charge is 2.10. The maximum atomic E-state index is 12.3. The van der Waals surface area contributed by atoms with E-state index in [4.69, 9.17) is 11.6 Å². The van der Waals surface area contributed by atoms with Crippen molar-refractivity contribution in [2.75, 3.05) is 10.6 Å². The zero-order chi connectivity index (χ0) is 18.5. The molecule has 2 amide bonds. The number of rotatable bonds is 4. The van der Waals surface area contributed by atoms with Gasteiger partial charge in [0, 0.05) is 27.5 Å². The molecule has 3 aromatic carbocycles.